The Labute approximate surface area is 207 Å². The van der Waals surface area contributed by atoms with Crippen molar-refractivity contribution < 1.29 is 19.4 Å². The number of aromatic nitrogens is 1. The second-order valence-corrected chi connectivity index (χ2v) is 9.97. The number of hydrogen-bond acceptors (Lipinski definition) is 6. The van der Waals surface area contributed by atoms with Gasteiger partial charge in [0.15, 0.2) is 0 Å². The van der Waals surface area contributed by atoms with Crippen LogP contribution in [0.5, 0.6) is 0 Å². The molecule has 1 aromatic heterocycles. The maximum Gasteiger partial charge on any atom is 0.325 e. The van der Waals surface area contributed by atoms with Crippen LogP contribution in [0, 0.1) is 0 Å². The predicted molar refractivity (Wildman–Crippen MR) is 135 cm³/mol. The summed E-state index contributed by atoms with van der Waals surface area (Å²) in [5, 5.41) is 13.4. The number of likely N-dealkylation sites (tertiary alicyclic amines) is 1. The van der Waals surface area contributed by atoms with Crippen LogP contribution in [-0.2, 0) is 27.1 Å². The molecule has 0 amide bonds. The molecule has 3 aliphatic heterocycles. The highest BCUT2D eigenvalue weighted by Crippen LogP contribution is 2.37. The molecule has 5 rings (SSSR count). The third-order valence-electron chi connectivity index (χ3n) is 7.43. The molecule has 7 heteroatoms. The Kier molecular flexibility index (Phi) is 7.96. The highest BCUT2D eigenvalue weighted by Gasteiger charge is 2.39. The van der Waals surface area contributed by atoms with Gasteiger partial charge in [-0.25, -0.2) is 4.98 Å². The van der Waals surface area contributed by atoms with Gasteiger partial charge in [0.25, 0.3) is 0 Å². The molecule has 2 fully saturated rings. The Morgan fingerprint density at radius 2 is 2.06 bits per heavy atom. The fourth-order valence-electron chi connectivity index (χ4n) is 5.49. The molecule has 7 nitrogen and oxygen atoms in total. The number of nitrogens with one attached hydrogen (secondary N) is 1. The third-order valence-corrected chi connectivity index (χ3v) is 7.43. The Morgan fingerprint density at radius 1 is 1.17 bits per heavy atom. The van der Waals surface area contributed by atoms with Crippen LogP contribution in [-0.4, -0.2) is 59.9 Å². The molecule has 0 saturated carbocycles. The van der Waals surface area contributed by atoms with E-state index in [0.717, 1.165) is 87.3 Å². The average Bonchev–Trinajstić information content (AvgIpc) is 3.39. The molecule has 2 aromatic rings. The Morgan fingerprint density at radius 3 is 2.89 bits per heavy atom. The van der Waals surface area contributed by atoms with Crippen molar-refractivity contribution in [3.63, 3.8) is 0 Å². The first-order valence-electron chi connectivity index (χ1n) is 13.2. The van der Waals surface area contributed by atoms with Gasteiger partial charge in [-0.05, 0) is 67.7 Å². The van der Waals surface area contributed by atoms with E-state index in [1.54, 1.807) is 0 Å². The van der Waals surface area contributed by atoms with Gasteiger partial charge in [0.05, 0.1) is 12.2 Å². The third kappa shape index (κ3) is 5.85. The summed E-state index contributed by atoms with van der Waals surface area (Å²) in [6.45, 7) is 3.80. The summed E-state index contributed by atoms with van der Waals surface area (Å²) < 4.78 is 11.9. The summed E-state index contributed by atoms with van der Waals surface area (Å²) in [6.07, 6.45) is 8.63. The van der Waals surface area contributed by atoms with E-state index in [-0.39, 0.29) is 12.2 Å². The minimum atomic E-state index is -0.806. The number of nitrogens with zero attached hydrogens (tertiary/aromatic N) is 2. The van der Waals surface area contributed by atoms with Crippen molar-refractivity contribution in [2.75, 3.05) is 38.2 Å². The molecule has 0 spiro atoms. The Hall–Kier alpha value is -2.48. The number of anilines is 1. The normalized spacial score (nSPS) is 21.2. The number of aliphatic carboxylic acids is 1. The van der Waals surface area contributed by atoms with Crippen LogP contribution in [0.25, 0.3) is 0 Å². The molecular formula is C28H37N3O4. The summed E-state index contributed by atoms with van der Waals surface area (Å²) in [6, 6.07) is 11.6. The average molecular weight is 480 g/mol. The molecule has 1 aromatic carbocycles. The summed E-state index contributed by atoms with van der Waals surface area (Å²) in [7, 11) is 0. The van der Waals surface area contributed by atoms with Crippen molar-refractivity contribution in [1.29, 1.82) is 0 Å². The zero-order valence-corrected chi connectivity index (χ0v) is 20.5. The molecule has 3 aliphatic rings. The zero-order chi connectivity index (χ0) is 24.0. The molecule has 4 heterocycles. The summed E-state index contributed by atoms with van der Waals surface area (Å²) in [5.41, 5.74) is 4.38. The van der Waals surface area contributed by atoms with Gasteiger partial charge in [0.1, 0.15) is 11.9 Å². The lowest BCUT2D eigenvalue weighted by Gasteiger charge is -2.43. The summed E-state index contributed by atoms with van der Waals surface area (Å²) >= 11 is 0. The maximum absolute atomic E-state index is 12.2. The van der Waals surface area contributed by atoms with E-state index < -0.39 is 12.0 Å². The number of fused-ring (bicyclic) bond motifs is 1. The van der Waals surface area contributed by atoms with Crippen molar-refractivity contribution in [2.24, 2.45) is 0 Å². The first-order chi connectivity index (χ1) is 17.2. The number of hydrogen-bond donors (Lipinski definition) is 2. The van der Waals surface area contributed by atoms with Gasteiger partial charge in [-0.3, -0.25) is 9.69 Å². The number of aryl methyl sites for hydroxylation is 2. The summed E-state index contributed by atoms with van der Waals surface area (Å²) in [4.78, 5) is 19.0. The summed E-state index contributed by atoms with van der Waals surface area (Å²) in [5.74, 6) is 0.268. The van der Waals surface area contributed by atoms with E-state index in [9.17, 15) is 9.90 Å². The van der Waals surface area contributed by atoms with E-state index >= 15 is 0 Å². The Bertz CT molecular complexity index is 1000. The Balaban J connectivity index is 1.03. The lowest BCUT2D eigenvalue weighted by atomic mass is 9.92. The van der Waals surface area contributed by atoms with Crippen LogP contribution in [0.2, 0.25) is 0 Å². The predicted octanol–water partition coefficient (Wildman–Crippen LogP) is 4.53. The van der Waals surface area contributed by atoms with Crippen molar-refractivity contribution in [2.45, 2.75) is 69.6 Å². The number of pyridine rings is 1. The number of carboxylic acid groups (broad SMARTS) is 1. The van der Waals surface area contributed by atoms with Crippen LogP contribution in [0.3, 0.4) is 0 Å². The minimum absolute atomic E-state index is 0.00846. The van der Waals surface area contributed by atoms with Crippen LogP contribution in [0.4, 0.5) is 5.82 Å². The molecule has 2 atom stereocenters. The lowest BCUT2D eigenvalue weighted by Crippen LogP contribution is -2.55. The van der Waals surface area contributed by atoms with E-state index in [0.29, 0.717) is 13.1 Å². The van der Waals surface area contributed by atoms with Gasteiger partial charge in [0.2, 0.25) is 0 Å². The van der Waals surface area contributed by atoms with Crippen molar-refractivity contribution in [3.8, 4) is 0 Å². The number of benzene rings is 1. The van der Waals surface area contributed by atoms with Gasteiger partial charge in [0, 0.05) is 38.5 Å². The van der Waals surface area contributed by atoms with E-state index in [1.807, 2.05) is 29.2 Å². The molecule has 2 unspecified atom stereocenters. The first kappa shape index (κ1) is 24.2. The highest BCUT2D eigenvalue weighted by atomic mass is 16.5. The van der Waals surface area contributed by atoms with Crippen LogP contribution in [0.1, 0.15) is 73.1 Å². The molecule has 35 heavy (non-hydrogen) atoms. The topological polar surface area (TPSA) is 83.9 Å². The quantitative estimate of drug-likeness (QED) is 0.458. The monoisotopic (exact) mass is 479 g/mol. The van der Waals surface area contributed by atoms with Gasteiger partial charge in [-0.15, -0.1) is 0 Å². The molecular weight excluding hydrogens is 442 g/mol. The molecule has 2 N–H and O–H groups in total. The minimum Gasteiger partial charge on any atom is -0.480 e. The van der Waals surface area contributed by atoms with Gasteiger partial charge >= 0.3 is 5.97 Å². The number of unbranched alkanes of at least 4 members (excludes halogenated alkanes) is 2. The van der Waals surface area contributed by atoms with Gasteiger partial charge < -0.3 is 19.9 Å². The first-order valence-corrected chi connectivity index (χ1v) is 13.2. The van der Waals surface area contributed by atoms with E-state index in [4.69, 9.17) is 14.5 Å². The van der Waals surface area contributed by atoms with Crippen molar-refractivity contribution in [1.82, 2.24) is 9.88 Å². The van der Waals surface area contributed by atoms with Gasteiger partial charge in [-0.1, -0.05) is 36.8 Å². The van der Waals surface area contributed by atoms with Crippen LogP contribution >= 0.6 is 0 Å². The SMILES string of the molecule is O=C(O)C(c1ccccc1C1CCCO1)N1CC(OCCCCCc2ccc3c(n2)NCCC3)C1. The van der Waals surface area contributed by atoms with Crippen molar-refractivity contribution >= 4 is 11.8 Å². The van der Waals surface area contributed by atoms with Gasteiger partial charge in [-0.2, -0.15) is 0 Å². The van der Waals surface area contributed by atoms with E-state index in [1.165, 1.54) is 12.0 Å². The van der Waals surface area contributed by atoms with Crippen molar-refractivity contribution in [3.05, 3.63) is 58.8 Å². The van der Waals surface area contributed by atoms with E-state index in [2.05, 4.69) is 17.4 Å². The lowest BCUT2D eigenvalue weighted by molar-refractivity contribution is -0.151. The maximum atomic E-state index is 12.2. The zero-order valence-electron chi connectivity index (χ0n) is 20.5. The van der Waals surface area contributed by atoms with Crippen LogP contribution < -0.4 is 5.32 Å². The fourth-order valence-corrected chi connectivity index (χ4v) is 5.49. The molecule has 2 saturated heterocycles. The molecule has 0 bridgehead atoms. The number of carbonyl (C=O) groups is 1. The molecule has 0 aliphatic carbocycles. The highest BCUT2D eigenvalue weighted by molar-refractivity contribution is 5.76. The molecule has 188 valence electrons. The fraction of sp³-hybridized carbons (Fsp3) is 0.571. The number of carboxylic acids is 1. The number of ether oxygens (including phenoxy) is 2. The standard InChI is InChI=1S/C28H37N3O4/c32-28(33)26(24-11-4-3-10-23(24)25-12-7-17-35-25)31-18-22(19-31)34-16-5-1-2-9-21-14-13-20-8-6-15-29-27(20)30-21/h3-4,10-11,13-14,22,25-26H,1-2,5-9,12,15-19H2,(H,29,30)(H,32,33). The second-order valence-electron chi connectivity index (χ2n) is 9.97. The smallest absolute Gasteiger partial charge is 0.325 e. The largest absolute Gasteiger partial charge is 0.480 e. The van der Waals surface area contributed by atoms with Crippen LogP contribution in [0.15, 0.2) is 36.4 Å². The second kappa shape index (κ2) is 11.5. The number of rotatable bonds is 11. The molecule has 0 radical (unpaired) electrons.